The lowest BCUT2D eigenvalue weighted by Crippen LogP contribution is -2.50. The zero-order valence-corrected chi connectivity index (χ0v) is 17.7. The number of nitrogens with one attached hydrogen (secondary N) is 1. The largest absolute Gasteiger partial charge is 0.479 e. The predicted octanol–water partition coefficient (Wildman–Crippen LogP) is 2.21. The van der Waals surface area contributed by atoms with Gasteiger partial charge in [0, 0.05) is 26.2 Å². The van der Waals surface area contributed by atoms with Crippen molar-refractivity contribution in [1.82, 2.24) is 9.21 Å². The summed E-state index contributed by atoms with van der Waals surface area (Å²) in [6.45, 7) is 2.45. The molecule has 0 unspecified atom stereocenters. The highest BCUT2D eigenvalue weighted by Gasteiger charge is 2.32. The fraction of sp³-hybridized carbons (Fsp3) is 0.300. The minimum Gasteiger partial charge on any atom is -0.479 e. The summed E-state index contributed by atoms with van der Waals surface area (Å²) in [5, 5.41) is 3.02. The van der Waals surface area contributed by atoms with Crippen LogP contribution in [0.1, 0.15) is 17.3 Å². The smallest absolute Gasteiger partial charge is 0.265 e. The van der Waals surface area contributed by atoms with Gasteiger partial charge in [0.25, 0.3) is 11.8 Å². The highest BCUT2D eigenvalue weighted by atomic mass is 35.5. The second kappa shape index (κ2) is 7.90. The molecule has 4 rings (SSSR count). The van der Waals surface area contributed by atoms with Gasteiger partial charge in [0.1, 0.15) is 5.75 Å². The van der Waals surface area contributed by atoms with Gasteiger partial charge in [0.2, 0.25) is 10.0 Å². The number of anilines is 1. The molecule has 2 aromatic carbocycles. The van der Waals surface area contributed by atoms with Crippen molar-refractivity contribution in [3.05, 3.63) is 53.1 Å². The number of piperazine rings is 1. The molecule has 2 aliphatic rings. The molecule has 0 saturated carbocycles. The van der Waals surface area contributed by atoms with Crippen LogP contribution in [0.3, 0.4) is 0 Å². The topological polar surface area (TPSA) is 96.0 Å². The molecule has 1 saturated heterocycles. The van der Waals surface area contributed by atoms with Crippen molar-refractivity contribution in [2.75, 3.05) is 31.5 Å². The standard InChI is InChI=1S/C20H20ClN3O5S/c1-13-19(25)22-17-12-14(6-7-18(17)29-13)30(27,28)24-10-8-23(9-11-24)20(26)15-4-2-3-5-16(15)21/h2-7,12-13H,8-11H2,1H3,(H,22,25)/t13-/m0/s1. The Morgan fingerprint density at radius 2 is 1.83 bits per heavy atom. The summed E-state index contributed by atoms with van der Waals surface area (Å²) >= 11 is 6.10. The number of amides is 2. The van der Waals surface area contributed by atoms with Crippen molar-refractivity contribution >= 4 is 39.1 Å². The van der Waals surface area contributed by atoms with Crippen LogP contribution in [0.25, 0.3) is 0 Å². The molecular weight excluding hydrogens is 430 g/mol. The molecule has 1 N–H and O–H groups in total. The third kappa shape index (κ3) is 3.76. The second-order valence-electron chi connectivity index (χ2n) is 7.08. The summed E-state index contributed by atoms with van der Waals surface area (Å²) in [7, 11) is -3.79. The number of hydrogen-bond donors (Lipinski definition) is 1. The number of carbonyl (C=O) groups excluding carboxylic acids is 2. The lowest BCUT2D eigenvalue weighted by Gasteiger charge is -2.34. The van der Waals surface area contributed by atoms with Crippen molar-refractivity contribution < 1.29 is 22.7 Å². The lowest BCUT2D eigenvalue weighted by atomic mass is 10.2. The van der Waals surface area contributed by atoms with Crippen molar-refractivity contribution in [1.29, 1.82) is 0 Å². The monoisotopic (exact) mass is 449 g/mol. The van der Waals surface area contributed by atoms with Gasteiger partial charge in [-0.05, 0) is 37.3 Å². The summed E-state index contributed by atoms with van der Waals surface area (Å²) in [5.74, 6) is -0.125. The lowest BCUT2D eigenvalue weighted by molar-refractivity contribution is -0.122. The Hall–Kier alpha value is -2.62. The van der Waals surface area contributed by atoms with E-state index in [0.717, 1.165) is 0 Å². The molecule has 0 bridgehead atoms. The molecule has 2 amide bonds. The Balaban J connectivity index is 1.48. The van der Waals surface area contributed by atoms with Gasteiger partial charge >= 0.3 is 0 Å². The molecule has 2 aliphatic heterocycles. The van der Waals surface area contributed by atoms with Crippen molar-refractivity contribution in [2.45, 2.75) is 17.9 Å². The van der Waals surface area contributed by atoms with Gasteiger partial charge in [0.15, 0.2) is 6.10 Å². The third-order valence-corrected chi connectivity index (χ3v) is 7.37. The van der Waals surface area contributed by atoms with E-state index in [0.29, 0.717) is 22.0 Å². The summed E-state index contributed by atoms with van der Waals surface area (Å²) < 4.78 is 32.9. The van der Waals surface area contributed by atoms with Crippen LogP contribution >= 0.6 is 11.6 Å². The fourth-order valence-corrected chi connectivity index (χ4v) is 5.10. The van der Waals surface area contributed by atoms with Crippen molar-refractivity contribution in [3.63, 3.8) is 0 Å². The Labute approximate surface area is 179 Å². The zero-order chi connectivity index (χ0) is 21.5. The van der Waals surface area contributed by atoms with Crippen LogP contribution < -0.4 is 10.1 Å². The van der Waals surface area contributed by atoms with E-state index in [-0.39, 0.29) is 42.9 Å². The molecule has 2 aromatic rings. The first kappa shape index (κ1) is 20.6. The van der Waals surface area contributed by atoms with Gasteiger partial charge in [-0.2, -0.15) is 4.31 Å². The zero-order valence-electron chi connectivity index (χ0n) is 16.2. The number of fused-ring (bicyclic) bond motifs is 1. The van der Waals surface area contributed by atoms with E-state index in [1.54, 1.807) is 36.1 Å². The first-order valence-electron chi connectivity index (χ1n) is 9.43. The molecule has 1 fully saturated rings. The van der Waals surface area contributed by atoms with Gasteiger partial charge in [-0.15, -0.1) is 0 Å². The van der Waals surface area contributed by atoms with Crippen LogP contribution in [0, 0.1) is 0 Å². The number of benzene rings is 2. The molecule has 0 aromatic heterocycles. The molecule has 10 heteroatoms. The van der Waals surface area contributed by atoms with Gasteiger partial charge in [0.05, 0.1) is 21.2 Å². The van der Waals surface area contributed by atoms with Crippen molar-refractivity contribution in [3.8, 4) is 5.75 Å². The summed E-state index contributed by atoms with van der Waals surface area (Å²) in [4.78, 5) is 26.2. The molecule has 2 heterocycles. The molecule has 0 aliphatic carbocycles. The number of carbonyl (C=O) groups is 2. The third-order valence-electron chi connectivity index (χ3n) is 5.15. The van der Waals surface area contributed by atoms with Crippen LogP contribution in [0.5, 0.6) is 5.75 Å². The van der Waals surface area contributed by atoms with Crippen LogP contribution in [-0.2, 0) is 14.8 Å². The van der Waals surface area contributed by atoms with Gasteiger partial charge < -0.3 is 15.0 Å². The van der Waals surface area contributed by atoms with E-state index in [4.69, 9.17) is 16.3 Å². The van der Waals surface area contributed by atoms with E-state index in [1.165, 1.54) is 22.5 Å². The average Bonchev–Trinajstić information content (AvgIpc) is 2.74. The first-order valence-corrected chi connectivity index (χ1v) is 11.2. The molecule has 0 radical (unpaired) electrons. The minimum absolute atomic E-state index is 0.0607. The molecule has 30 heavy (non-hydrogen) atoms. The number of ether oxygens (including phenoxy) is 1. The summed E-state index contributed by atoms with van der Waals surface area (Å²) in [5.41, 5.74) is 0.724. The van der Waals surface area contributed by atoms with Crippen molar-refractivity contribution in [2.24, 2.45) is 0 Å². The van der Waals surface area contributed by atoms with E-state index in [9.17, 15) is 18.0 Å². The first-order chi connectivity index (χ1) is 14.3. The van der Waals surface area contributed by atoms with Crippen LogP contribution in [0.15, 0.2) is 47.4 Å². The second-order valence-corrected chi connectivity index (χ2v) is 9.43. The highest BCUT2D eigenvalue weighted by Crippen LogP contribution is 2.33. The predicted molar refractivity (Wildman–Crippen MR) is 111 cm³/mol. The fourth-order valence-electron chi connectivity index (χ4n) is 3.43. The maximum Gasteiger partial charge on any atom is 0.265 e. The number of sulfonamides is 1. The Kier molecular flexibility index (Phi) is 5.44. The molecular formula is C20H20ClN3O5S. The van der Waals surface area contributed by atoms with E-state index in [1.807, 2.05) is 0 Å². The van der Waals surface area contributed by atoms with Gasteiger partial charge in [-0.25, -0.2) is 8.42 Å². The Bertz CT molecular complexity index is 1110. The number of hydrogen-bond acceptors (Lipinski definition) is 5. The molecule has 0 spiro atoms. The molecule has 158 valence electrons. The van der Waals surface area contributed by atoms with Crippen LogP contribution in [0.2, 0.25) is 5.02 Å². The van der Waals surface area contributed by atoms with E-state index < -0.39 is 16.1 Å². The quantitative estimate of drug-likeness (QED) is 0.775. The van der Waals surface area contributed by atoms with Gasteiger partial charge in [-0.1, -0.05) is 23.7 Å². The summed E-state index contributed by atoms with van der Waals surface area (Å²) in [6, 6.07) is 11.2. The van der Waals surface area contributed by atoms with E-state index >= 15 is 0 Å². The Morgan fingerprint density at radius 3 is 2.53 bits per heavy atom. The molecule has 8 nitrogen and oxygen atoms in total. The van der Waals surface area contributed by atoms with Gasteiger partial charge in [-0.3, -0.25) is 9.59 Å². The van der Waals surface area contributed by atoms with Crippen LogP contribution in [-0.4, -0.2) is 61.7 Å². The number of nitrogens with zero attached hydrogens (tertiary/aromatic N) is 2. The minimum atomic E-state index is -3.79. The van der Waals surface area contributed by atoms with Crippen LogP contribution in [0.4, 0.5) is 5.69 Å². The molecule has 1 atom stereocenters. The SMILES string of the molecule is C[C@@H]1Oc2ccc(S(=O)(=O)N3CCN(C(=O)c4ccccc4Cl)CC3)cc2NC1=O. The maximum atomic E-state index is 13.1. The average molecular weight is 450 g/mol. The normalized spacial score (nSPS) is 19.6. The number of halogens is 1. The number of rotatable bonds is 3. The highest BCUT2D eigenvalue weighted by molar-refractivity contribution is 7.89. The van der Waals surface area contributed by atoms with E-state index in [2.05, 4.69) is 5.32 Å². The summed E-state index contributed by atoms with van der Waals surface area (Å²) in [6.07, 6.45) is -0.635. The Morgan fingerprint density at radius 1 is 1.13 bits per heavy atom. The maximum absolute atomic E-state index is 13.1.